The van der Waals surface area contributed by atoms with Crippen LogP contribution in [-0.4, -0.2) is 28.5 Å². The number of carbonyl (C=O) groups excluding carboxylic acids is 1. The van der Waals surface area contributed by atoms with Gasteiger partial charge in [-0.3, -0.25) is 9.46 Å². The number of nitrogens with zero attached hydrogens (tertiary/aromatic N) is 2. The summed E-state index contributed by atoms with van der Waals surface area (Å²) in [6.07, 6.45) is 4.74. The maximum absolute atomic E-state index is 11.8. The van der Waals surface area contributed by atoms with Gasteiger partial charge in [0.25, 0.3) is 5.89 Å². The van der Waals surface area contributed by atoms with Crippen LogP contribution < -0.4 is 0 Å². The first-order valence-corrected chi connectivity index (χ1v) is 5.22. The molecule has 76 valence electrons. The van der Waals surface area contributed by atoms with E-state index in [0.717, 1.165) is 25.9 Å². The van der Waals surface area contributed by atoms with Crippen LogP contribution in [0.25, 0.3) is 0 Å². The van der Waals surface area contributed by atoms with Gasteiger partial charge in [-0.25, -0.2) is 4.98 Å². The first-order valence-electron chi connectivity index (χ1n) is 4.70. The SMILES string of the molecule is O=C(c1ncco1)C1CCN(P)CC1. The van der Waals surface area contributed by atoms with Gasteiger partial charge in [-0.1, -0.05) is 9.39 Å². The molecule has 0 bridgehead atoms. The summed E-state index contributed by atoms with van der Waals surface area (Å²) in [6.45, 7) is 1.89. The van der Waals surface area contributed by atoms with E-state index in [1.54, 1.807) is 0 Å². The second-order valence-corrected chi connectivity index (χ2v) is 4.24. The molecule has 1 aromatic heterocycles. The molecule has 1 unspecified atom stereocenters. The van der Waals surface area contributed by atoms with Gasteiger partial charge in [0.05, 0.1) is 6.20 Å². The predicted octanol–water partition coefficient (Wildman–Crippen LogP) is 1.36. The highest BCUT2D eigenvalue weighted by Gasteiger charge is 2.26. The standard InChI is InChI=1S/C9H13N2O2P/c12-8(9-10-3-6-13-9)7-1-4-11(14)5-2-7/h3,6-7H,1-2,4-5,14H2. The highest BCUT2D eigenvalue weighted by atomic mass is 31.0. The van der Waals surface area contributed by atoms with E-state index in [0.29, 0.717) is 0 Å². The molecule has 5 heteroatoms. The molecule has 1 fully saturated rings. The summed E-state index contributed by atoms with van der Waals surface area (Å²) in [4.78, 5) is 15.7. The Morgan fingerprint density at radius 1 is 1.57 bits per heavy atom. The molecule has 0 amide bonds. The van der Waals surface area contributed by atoms with Crippen molar-refractivity contribution in [2.45, 2.75) is 12.8 Å². The predicted molar refractivity (Wildman–Crippen MR) is 54.8 cm³/mol. The van der Waals surface area contributed by atoms with Crippen LogP contribution in [-0.2, 0) is 0 Å². The van der Waals surface area contributed by atoms with E-state index in [4.69, 9.17) is 4.42 Å². The fraction of sp³-hybridized carbons (Fsp3) is 0.556. The molecule has 2 rings (SSSR count). The van der Waals surface area contributed by atoms with Crippen LogP contribution >= 0.6 is 9.39 Å². The molecule has 14 heavy (non-hydrogen) atoms. The number of ketones is 1. The summed E-state index contributed by atoms with van der Waals surface area (Å²) in [5.41, 5.74) is 0. The molecule has 0 radical (unpaired) electrons. The Balaban J connectivity index is 1.99. The van der Waals surface area contributed by atoms with Gasteiger partial charge < -0.3 is 4.42 Å². The average molecular weight is 212 g/mol. The lowest BCUT2D eigenvalue weighted by Gasteiger charge is -2.26. The fourth-order valence-corrected chi connectivity index (χ4v) is 1.98. The van der Waals surface area contributed by atoms with Crippen LogP contribution in [0, 0.1) is 5.92 Å². The molecule has 1 aromatic rings. The van der Waals surface area contributed by atoms with Crippen molar-refractivity contribution in [2.75, 3.05) is 13.1 Å². The monoisotopic (exact) mass is 212 g/mol. The molecular formula is C9H13N2O2P. The van der Waals surface area contributed by atoms with Gasteiger partial charge in [0.1, 0.15) is 6.26 Å². The largest absolute Gasteiger partial charge is 0.442 e. The van der Waals surface area contributed by atoms with Gasteiger partial charge in [0.2, 0.25) is 5.78 Å². The van der Waals surface area contributed by atoms with Gasteiger partial charge in [-0.2, -0.15) is 0 Å². The third-order valence-corrected chi connectivity index (χ3v) is 3.06. The van der Waals surface area contributed by atoms with Crippen molar-refractivity contribution in [1.82, 2.24) is 9.65 Å². The second kappa shape index (κ2) is 4.20. The van der Waals surface area contributed by atoms with Gasteiger partial charge in [-0.15, -0.1) is 0 Å². The maximum atomic E-state index is 11.8. The van der Waals surface area contributed by atoms with E-state index >= 15 is 0 Å². The van der Waals surface area contributed by atoms with Crippen molar-refractivity contribution >= 4 is 15.2 Å². The zero-order valence-corrected chi connectivity index (χ0v) is 9.00. The van der Waals surface area contributed by atoms with Crippen LogP contribution in [0.1, 0.15) is 23.5 Å². The van der Waals surface area contributed by atoms with Gasteiger partial charge in [0.15, 0.2) is 0 Å². The summed E-state index contributed by atoms with van der Waals surface area (Å²) >= 11 is 0. The Hall–Kier alpha value is -0.730. The summed E-state index contributed by atoms with van der Waals surface area (Å²) in [7, 11) is 2.66. The van der Waals surface area contributed by atoms with E-state index < -0.39 is 0 Å². The van der Waals surface area contributed by atoms with E-state index in [9.17, 15) is 4.79 Å². The van der Waals surface area contributed by atoms with Crippen LogP contribution in [0.3, 0.4) is 0 Å². The van der Waals surface area contributed by atoms with Gasteiger partial charge in [-0.05, 0) is 12.8 Å². The second-order valence-electron chi connectivity index (χ2n) is 3.51. The molecule has 1 aliphatic heterocycles. The zero-order chi connectivity index (χ0) is 9.97. The topological polar surface area (TPSA) is 46.3 Å². The molecule has 0 spiro atoms. The first kappa shape index (κ1) is 9.81. The highest BCUT2D eigenvalue weighted by molar-refractivity contribution is 7.13. The van der Waals surface area contributed by atoms with E-state index in [-0.39, 0.29) is 17.6 Å². The zero-order valence-electron chi connectivity index (χ0n) is 7.85. The van der Waals surface area contributed by atoms with E-state index in [2.05, 4.69) is 19.0 Å². The minimum Gasteiger partial charge on any atom is -0.442 e. The summed E-state index contributed by atoms with van der Waals surface area (Å²) in [6, 6.07) is 0. The molecule has 1 atom stereocenters. The van der Waals surface area contributed by atoms with Crippen molar-refractivity contribution in [3.8, 4) is 0 Å². The number of carbonyl (C=O) groups is 1. The van der Waals surface area contributed by atoms with Crippen molar-refractivity contribution in [2.24, 2.45) is 5.92 Å². The molecular weight excluding hydrogens is 199 g/mol. The number of piperidine rings is 1. The molecule has 4 nitrogen and oxygen atoms in total. The smallest absolute Gasteiger partial charge is 0.263 e. The maximum Gasteiger partial charge on any atom is 0.263 e. The lowest BCUT2D eigenvalue weighted by Crippen LogP contribution is -2.30. The molecule has 0 saturated carbocycles. The average Bonchev–Trinajstić information content (AvgIpc) is 2.71. The summed E-state index contributed by atoms with van der Waals surface area (Å²) in [5.74, 6) is 0.394. The van der Waals surface area contributed by atoms with Gasteiger partial charge >= 0.3 is 0 Å². The fourth-order valence-electron chi connectivity index (χ4n) is 1.68. The third-order valence-electron chi connectivity index (χ3n) is 2.54. The molecule has 0 N–H and O–H groups in total. The number of Topliss-reactive ketones (excluding diaryl/α,β-unsaturated/α-hetero) is 1. The Morgan fingerprint density at radius 2 is 2.29 bits per heavy atom. The Morgan fingerprint density at radius 3 is 2.86 bits per heavy atom. The molecule has 1 saturated heterocycles. The minimum absolute atomic E-state index is 0.0492. The quantitative estimate of drug-likeness (QED) is 0.548. The lowest BCUT2D eigenvalue weighted by atomic mass is 9.93. The minimum atomic E-state index is 0.0492. The Labute approximate surface area is 84.9 Å². The van der Waals surface area contributed by atoms with Crippen molar-refractivity contribution in [3.05, 3.63) is 18.4 Å². The number of hydrogen-bond acceptors (Lipinski definition) is 4. The number of oxazole rings is 1. The summed E-state index contributed by atoms with van der Waals surface area (Å²) < 4.78 is 7.15. The molecule has 2 heterocycles. The Kier molecular flexibility index (Phi) is 2.94. The lowest BCUT2D eigenvalue weighted by molar-refractivity contribution is 0.0842. The Bertz CT molecular complexity index is 305. The number of rotatable bonds is 2. The van der Waals surface area contributed by atoms with Crippen molar-refractivity contribution in [3.63, 3.8) is 0 Å². The molecule has 0 aliphatic carbocycles. The normalized spacial score (nSPS) is 19.8. The number of aromatic nitrogens is 1. The highest BCUT2D eigenvalue weighted by Crippen LogP contribution is 2.22. The van der Waals surface area contributed by atoms with Crippen molar-refractivity contribution < 1.29 is 9.21 Å². The molecule has 1 aliphatic rings. The van der Waals surface area contributed by atoms with Crippen LogP contribution in [0.15, 0.2) is 16.9 Å². The van der Waals surface area contributed by atoms with Crippen molar-refractivity contribution in [1.29, 1.82) is 0 Å². The summed E-state index contributed by atoms with van der Waals surface area (Å²) in [5, 5.41) is 0. The van der Waals surface area contributed by atoms with Gasteiger partial charge in [0, 0.05) is 19.0 Å². The van der Waals surface area contributed by atoms with E-state index in [1.807, 2.05) is 0 Å². The van der Waals surface area contributed by atoms with Crippen LogP contribution in [0.5, 0.6) is 0 Å². The molecule has 0 aromatic carbocycles. The number of hydrogen-bond donors (Lipinski definition) is 0. The van der Waals surface area contributed by atoms with Crippen LogP contribution in [0.2, 0.25) is 0 Å². The van der Waals surface area contributed by atoms with Crippen LogP contribution in [0.4, 0.5) is 0 Å². The third kappa shape index (κ3) is 2.02. The van der Waals surface area contributed by atoms with E-state index in [1.165, 1.54) is 12.5 Å². The first-order chi connectivity index (χ1) is 6.77.